The molecule has 2 N–H and O–H groups in total. The lowest BCUT2D eigenvalue weighted by molar-refractivity contribution is -0.118. The van der Waals surface area contributed by atoms with E-state index in [1.165, 1.54) is 11.8 Å². The summed E-state index contributed by atoms with van der Waals surface area (Å²) in [4.78, 5) is 22.1. The van der Waals surface area contributed by atoms with E-state index in [2.05, 4.69) is 34.4 Å². The van der Waals surface area contributed by atoms with E-state index >= 15 is 0 Å². The van der Waals surface area contributed by atoms with Gasteiger partial charge in [-0.1, -0.05) is 0 Å². The summed E-state index contributed by atoms with van der Waals surface area (Å²) in [7, 11) is 3.19. The Hall–Kier alpha value is -3.37. The fraction of sp³-hybridized carbons (Fsp3) is 0.423. The molecule has 3 rings (SSSR count). The zero-order valence-electron chi connectivity index (χ0n) is 21.7. The van der Waals surface area contributed by atoms with Gasteiger partial charge < -0.3 is 29.6 Å². The van der Waals surface area contributed by atoms with Crippen LogP contribution in [0.2, 0.25) is 0 Å². The lowest BCUT2D eigenvalue weighted by atomic mass is 10.1. The molecule has 3 heterocycles. The third kappa shape index (κ3) is 7.32. The number of pyridine rings is 2. The predicted molar refractivity (Wildman–Crippen MR) is 139 cm³/mol. The van der Waals surface area contributed by atoms with E-state index < -0.39 is 0 Å². The number of hydrogen-bond donors (Lipinski definition) is 2. The van der Waals surface area contributed by atoms with Crippen LogP contribution in [0.5, 0.6) is 23.5 Å². The lowest BCUT2D eigenvalue weighted by Gasteiger charge is -2.12. The number of carbonyl (C=O) groups excluding carboxylic acids is 1. The van der Waals surface area contributed by atoms with Crippen LogP contribution in [0.1, 0.15) is 38.9 Å². The zero-order chi connectivity index (χ0) is 26.1. The van der Waals surface area contributed by atoms with Gasteiger partial charge in [-0.25, -0.2) is 0 Å². The molecule has 0 saturated carbocycles. The molecule has 194 valence electrons. The third-order valence-electron chi connectivity index (χ3n) is 5.60. The lowest BCUT2D eigenvalue weighted by Crippen LogP contribution is -2.30. The molecule has 1 amide bonds. The normalized spacial score (nSPS) is 10.7. The highest BCUT2D eigenvalue weighted by molar-refractivity contribution is 7.12. The van der Waals surface area contributed by atoms with Gasteiger partial charge in [0.25, 0.3) is 0 Å². The van der Waals surface area contributed by atoms with Gasteiger partial charge in [-0.2, -0.15) is 9.97 Å². The van der Waals surface area contributed by atoms with Crippen molar-refractivity contribution in [3.8, 4) is 23.5 Å². The number of nitrogens with zero attached hydrogens (tertiary/aromatic N) is 2. The van der Waals surface area contributed by atoms with Crippen LogP contribution >= 0.6 is 11.3 Å². The highest BCUT2D eigenvalue weighted by Crippen LogP contribution is 2.30. The van der Waals surface area contributed by atoms with E-state index in [1.54, 1.807) is 25.6 Å². The van der Waals surface area contributed by atoms with Crippen molar-refractivity contribution in [1.29, 1.82) is 0 Å². The molecule has 9 nitrogen and oxygen atoms in total. The number of ether oxygens (including phenoxy) is 4. The van der Waals surface area contributed by atoms with Crippen LogP contribution in [0.15, 0.2) is 24.3 Å². The van der Waals surface area contributed by atoms with Crippen LogP contribution in [-0.4, -0.2) is 43.2 Å². The molecule has 0 saturated heterocycles. The Labute approximate surface area is 216 Å². The van der Waals surface area contributed by atoms with Gasteiger partial charge in [0.1, 0.15) is 13.2 Å². The highest BCUT2D eigenvalue weighted by atomic mass is 32.1. The minimum atomic E-state index is -0.0442. The summed E-state index contributed by atoms with van der Waals surface area (Å²) in [6.07, 6.45) is 0. The molecule has 0 unspecified atom stereocenters. The number of amides is 1. The Morgan fingerprint density at radius 2 is 1.58 bits per heavy atom. The van der Waals surface area contributed by atoms with Gasteiger partial charge in [-0.3, -0.25) is 4.79 Å². The van der Waals surface area contributed by atoms with E-state index in [-0.39, 0.29) is 5.91 Å². The van der Waals surface area contributed by atoms with Gasteiger partial charge in [-0.15, -0.1) is 11.3 Å². The first-order chi connectivity index (χ1) is 17.3. The summed E-state index contributed by atoms with van der Waals surface area (Å²) in [5.41, 5.74) is 4.14. The summed E-state index contributed by atoms with van der Waals surface area (Å²) in [5.74, 6) is 2.05. The summed E-state index contributed by atoms with van der Waals surface area (Å²) >= 11 is 1.69. The van der Waals surface area contributed by atoms with Crippen LogP contribution in [0, 0.1) is 20.8 Å². The first-order valence-electron chi connectivity index (χ1n) is 11.7. The van der Waals surface area contributed by atoms with E-state index in [0.717, 1.165) is 27.1 Å². The standard InChI is InChI=1S/C26H34N4O5S/c1-16-7-9-23(29-25(16)32-5)35-15-22-17(2)21(18(3)36-22)14-34-24-10-8-20(26(30-24)33-6)13-27-11-12-28-19(4)31/h7-10,27H,11-15H2,1-6H3,(H,28,31). The molecule has 10 heteroatoms. The number of carbonyl (C=O) groups is 1. The molecule has 36 heavy (non-hydrogen) atoms. The van der Waals surface area contributed by atoms with E-state index in [0.29, 0.717) is 56.4 Å². The minimum Gasteiger partial charge on any atom is -0.481 e. The Kier molecular flexibility index (Phi) is 9.89. The molecule has 0 aliphatic rings. The Morgan fingerprint density at radius 1 is 0.917 bits per heavy atom. The second-order valence-corrected chi connectivity index (χ2v) is 9.52. The molecule has 0 aliphatic carbocycles. The number of methoxy groups -OCH3 is 2. The number of rotatable bonds is 13. The van der Waals surface area contributed by atoms with Crippen molar-refractivity contribution in [2.45, 2.75) is 47.5 Å². The molecule has 3 aromatic heterocycles. The molecule has 0 aromatic carbocycles. The molecule has 3 aromatic rings. The predicted octanol–water partition coefficient (Wildman–Crippen LogP) is 3.86. The fourth-order valence-corrected chi connectivity index (χ4v) is 4.66. The van der Waals surface area contributed by atoms with E-state index in [4.69, 9.17) is 18.9 Å². The maximum atomic E-state index is 11.0. The van der Waals surface area contributed by atoms with Gasteiger partial charge >= 0.3 is 0 Å². The number of thiophene rings is 1. The van der Waals surface area contributed by atoms with E-state index in [9.17, 15) is 4.79 Å². The van der Waals surface area contributed by atoms with Gasteiger partial charge in [0, 0.05) is 65.1 Å². The van der Waals surface area contributed by atoms with Crippen molar-refractivity contribution >= 4 is 17.2 Å². The average Bonchev–Trinajstić information content (AvgIpc) is 3.14. The fourth-order valence-electron chi connectivity index (χ4n) is 3.56. The van der Waals surface area contributed by atoms with Gasteiger partial charge in [0.15, 0.2) is 0 Å². The van der Waals surface area contributed by atoms with Crippen molar-refractivity contribution in [3.05, 3.63) is 56.3 Å². The van der Waals surface area contributed by atoms with Crippen LogP contribution < -0.4 is 29.6 Å². The number of hydrogen-bond acceptors (Lipinski definition) is 9. The highest BCUT2D eigenvalue weighted by Gasteiger charge is 2.15. The molecule has 0 aliphatic heterocycles. The maximum Gasteiger partial charge on any atom is 0.220 e. The Balaban J connectivity index is 1.58. The van der Waals surface area contributed by atoms with Crippen molar-refractivity contribution in [3.63, 3.8) is 0 Å². The molecule has 0 radical (unpaired) electrons. The maximum absolute atomic E-state index is 11.0. The molecule has 0 atom stereocenters. The summed E-state index contributed by atoms with van der Waals surface area (Å²) in [6, 6.07) is 7.55. The van der Waals surface area contributed by atoms with Crippen LogP contribution in [0.3, 0.4) is 0 Å². The number of nitrogens with one attached hydrogen (secondary N) is 2. The second kappa shape index (κ2) is 13.1. The SMILES string of the molecule is COc1nc(OCc2sc(C)c(COc3ccc(CNCCNC(C)=O)c(OC)n3)c2C)ccc1C. The van der Waals surface area contributed by atoms with Crippen molar-refractivity contribution in [1.82, 2.24) is 20.6 Å². The summed E-state index contributed by atoms with van der Waals surface area (Å²) in [6.45, 7) is 10.2. The average molecular weight is 515 g/mol. The quantitative estimate of drug-likeness (QED) is 0.332. The molecule has 0 bridgehead atoms. The number of aryl methyl sites for hydroxylation is 2. The summed E-state index contributed by atoms with van der Waals surface area (Å²) in [5, 5.41) is 6.01. The monoisotopic (exact) mass is 514 g/mol. The summed E-state index contributed by atoms with van der Waals surface area (Å²) < 4.78 is 22.7. The Morgan fingerprint density at radius 3 is 2.28 bits per heavy atom. The smallest absolute Gasteiger partial charge is 0.220 e. The third-order valence-corrected chi connectivity index (χ3v) is 6.83. The van der Waals surface area contributed by atoms with E-state index in [1.807, 2.05) is 31.2 Å². The molecular formula is C26H34N4O5S. The van der Waals surface area contributed by atoms with Crippen molar-refractivity contribution in [2.24, 2.45) is 0 Å². The van der Waals surface area contributed by atoms with Crippen molar-refractivity contribution in [2.75, 3.05) is 27.3 Å². The van der Waals surface area contributed by atoms with Crippen LogP contribution in [-0.2, 0) is 24.6 Å². The van der Waals surface area contributed by atoms with Gasteiger partial charge in [0.2, 0.25) is 29.4 Å². The second-order valence-electron chi connectivity index (χ2n) is 8.22. The van der Waals surface area contributed by atoms with Crippen molar-refractivity contribution < 1.29 is 23.7 Å². The first kappa shape index (κ1) is 27.2. The van der Waals surface area contributed by atoms with Crippen LogP contribution in [0.25, 0.3) is 0 Å². The van der Waals surface area contributed by atoms with Gasteiger partial charge in [0.05, 0.1) is 14.2 Å². The van der Waals surface area contributed by atoms with Gasteiger partial charge in [-0.05, 0) is 38.5 Å². The topological polar surface area (TPSA) is 104 Å². The molecule has 0 fully saturated rings. The van der Waals surface area contributed by atoms with Crippen LogP contribution in [0.4, 0.5) is 0 Å². The Bertz CT molecular complexity index is 1180. The first-order valence-corrected chi connectivity index (χ1v) is 12.5. The number of aromatic nitrogens is 2. The largest absolute Gasteiger partial charge is 0.481 e. The molecular weight excluding hydrogens is 480 g/mol. The molecule has 0 spiro atoms. The zero-order valence-corrected chi connectivity index (χ0v) is 22.5. The minimum absolute atomic E-state index is 0.0442.